The molecule has 1 atom stereocenters. The molecule has 0 saturated carbocycles. The lowest BCUT2D eigenvalue weighted by Crippen LogP contribution is -2.25. The van der Waals surface area contributed by atoms with Gasteiger partial charge >= 0.3 is 0 Å². The second-order valence-corrected chi connectivity index (χ2v) is 5.42. The van der Waals surface area contributed by atoms with Crippen molar-refractivity contribution in [2.45, 2.75) is 25.8 Å². The first-order valence-corrected chi connectivity index (χ1v) is 7.44. The molecule has 0 aliphatic rings. The van der Waals surface area contributed by atoms with E-state index in [0.29, 0.717) is 4.47 Å². The van der Waals surface area contributed by atoms with Crippen LogP contribution in [0.5, 0.6) is 0 Å². The Balaban J connectivity index is 2.17. The average Bonchev–Trinajstić information content (AvgIpc) is 2.48. The van der Waals surface area contributed by atoms with Gasteiger partial charge in [0.2, 0.25) is 0 Å². The number of hydrogen-bond acceptors (Lipinski definition) is 3. The lowest BCUT2D eigenvalue weighted by Gasteiger charge is -2.17. The van der Waals surface area contributed by atoms with Gasteiger partial charge in [0.1, 0.15) is 11.6 Å². The number of aromatic nitrogens is 2. The molecule has 2 aromatic rings. The quantitative estimate of drug-likeness (QED) is 0.873. The molecule has 0 bridgehead atoms. The number of nitrogens with one attached hydrogen (secondary N) is 1. The fourth-order valence-corrected chi connectivity index (χ4v) is 2.39. The Morgan fingerprint density at radius 2 is 2.05 bits per heavy atom. The SMILES string of the molecule is CCCNC(Cc1ccc(F)c(Br)c1)c1ncccn1. The van der Waals surface area contributed by atoms with Crippen LogP contribution in [0.15, 0.2) is 41.1 Å². The molecule has 2 rings (SSSR count). The van der Waals surface area contributed by atoms with Gasteiger partial charge in [-0.15, -0.1) is 0 Å². The number of nitrogens with zero attached hydrogens (tertiary/aromatic N) is 2. The summed E-state index contributed by atoms with van der Waals surface area (Å²) >= 11 is 3.22. The largest absolute Gasteiger partial charge is 0.307 e. The summed E-state index contributed by atoms with van der Waals surface area (Å²) < 4.78 is 13.8. The molecule has 0 aliphatic heterocycles. The highest BCUT2D eigenvalue weighted by Gasteiger charge is 2.14. The van der Waals surface area contributed by atoms with Crippen molar-refractivity contribution in [2.75, 3.05) is 6.54 Å². The van der Waals surface area contributed by atoms with Gasteiger partial charge in [0.25, 0.3) is 0 Å². The molecule has 1 aromatic carbocycles. The highest BCUT2D eigenvalue weighted by atomic mass is 79.9. The Morgan fingerprint density at radius 1 is 1.30 bits per heavy atom. The highest BCUT2D eigenvalue weighted by molar-refractivity contribution is 9.10. The van der Waals surface area contributed by atoms with E-state index in [9.17, 15) is 4.39 Å². The number of halogens is 2. The summed E-state index contributed by atoms with van der Waals surface area (Å²) in [4.78, 5) is 8.62. The average molecular weight is 338 g/mol. The first-order chi connectivity index (χ1) is 9.70. The molecule has 20 heavy (non-hydrogen) atoms. The van der Waals surface area contributed by atoms with Gasteiger partial charge < -0.3 is 5.32 Å². The minimum Gasteiger partial charge on any atom is -0.307 e. The molecule has 1 N–H and O–H groups in total. The van der Waals surface area contributed by atoms with E-state index in [1.54, 1.807) is 30.6 Å². The van der Waals surface area contributed by atoms with E-state index in [2.05, 4.69) is 38.1 Å². The number of benzene rings is 1. The summed E-state index contributed by atoms with van der Waals surface area (Å²) in [5.74, 6) is 0.518. The lowest BCUT2D eigenvalue weighted by molar-refractivity contribution is 0.503. The molecule has 1 heterocycles. The molecule has 0 aliphatic carbocycles. The topological polar surface area (TPSA) is 37.8 Å². The van der Waals surface area contributed by atoms with E-state index in [1.807, 2.05) is 0 Å². The van der Waals surface area contributed by atoms with Gasteiger partial charge in [0, 0.05) is 12.4 Å². The zero-order valence-corrected chi connectivity index (χ0v) is 12.9. The molecule has 0 fully saturated rings. The smallest absolute Gasteiger partial charge is 0.145 e. The fraction of sp³-hybridized carbons (Fsp3) is 0.333. The van der Waals surface area contributed by atoms with Gasteiger partial charge in [-0.25, -0.2) is 14.4 Å². The third-order valence-corrected chi connectivity index (χ3v) is 3.57. The molecular weight excluding hydrogens is 321 g/mol. The number of rotatable bonds is 6. The summed E-state index contributed by atoms with van der Waals surface area (Å²) in [5, 5.41) is 3.43. The molecule has 0 spiro atoms. The van der Waals surface area contributed by atoms with Gasteiger partial charge in [0.15, 0.2) is 0 Å². The first kappa shape index (κ1) is 15.1. The zero-order valence-electron chi connectivity index (χ0n) is 11.3. The van der Waals surface area contributed by atoms with E-state index in [0.717, 1.165) is 30.8 Å². The molecule has 3 nitrogen and oxygen atoms in total. The van der Waals surface area contributed by atoms with Crippen LogP contribution in [0.2, 0.25) is 0 Å². The Labute approximate surface area is 126 Å². The minimum absolute atomic E-state index is 0.0357. The first-order valence-electron chi connectivity index (χ1n) is 6.65. The Hall–Kier alpha value is -1.33. The predicted octanol–water partition coefficient (Wildman–Crippen LogP) is 3.66. The van der Waals surface area contributed by atoms with Crippen LogP contribution in [0.25, 0.3) is 0 Å². The van der Waals surface area contributed by atoms with Crippen molar-refractivity contribution < 1.29 is 4.39 Å². The summed E-state index contributed by atoms with van der Waals surface area (Å²) in [6.07, 6.45) is 5.24. The van der Waals surface area contributed by atoms with Gasteiger partial charge in [-0.1, -0.05) is 13.0 Å². The molecule has 0 radical (unpaired) electrons. The van der Waals surface area contributed by atoms with Crippen LogP contribution in [0, 0.1) is 5.82 Å². The van der Waals surface area contributed by atoms with Crippen molar-refractivity contribution in [2.24, 2.45) is 0 Å². The highest BCUT2D eigenvalue weighted by Crippen LogP contribution is 2.21. The normalized spacial score (nSPS) is 12.3. The second kappa shape index (κ2) is 7.45. The maximum Gasteiger partial charge on any atom is 0.145 e. The zero-order chi connectivity index (χ0) is 14.4. The van der Waals surface area contributed by atoms with E-state index in [4.69, 9.17) is 0 Å². The molecule has 0 amide bonds. The molecule has 1 unspecified atom stereocenters. The second-order valence-electron chi connectivity index (χ2n) is 4.57. The van der Waals surface area contributed by atoms with Crippen LogP contribution in [0.3, 0.4) is 0 Å². The minimum atomic E-state index is -0.247. The van der Waals surface area contributed by atoms with Crippen LogP contribution >= 0.6 is 15.9 Å². The van der Waals surface area contributed by atoms with E-state index in [-0.39, 0.29) is 11.9 Å². The van der Waals surface area contributed by atoms with Gasteiger partial charge in [-0.3, -0.25) is 0 Å². The third-order valence-electron chi connectivity index (χ3n) is 2.96. The van der Waals surface area contributed by atoms with Crippen LogP contribution < -0.4 is 5.32 Å². The van der Waals surface area contributed by atoms with Crippen molar-refractivity contribution in [1.82, 2.24) is 15.3 Å². The summed E-state index contributed by atoms with van der Waals surface area (Å²) in [5.41, 5.74) is 1.04. The molecular formula is C15H17BrFN3. The third kappa shape index (κ3) is 4.08. The van der Waals surface area contributed by atoms with Crippen LogP contribution in [0.1, 0.15) is 30.8 Å². The molecule has 1 aromatic heterocycles. The standard InChI is InChI=1S/C15H17BrFN3/c1-2-6-18-14(15-19-7-3-8-20-15)10-11-4-5-13(17)12(16)9-11/h3-5,7-9,14,18H,2,6,10H2,1H3. The monoisotopic (exact) mass is 337 g/mol. The number of hydrogen-bond donors (Lipinski definition) is 1. The van der Waals surface area contributed by atoms with Crippen LogP contribution in [-0.2, 0) is 6.42 Å². The van der Waals surface area contributed by atoms with Crippen molar-refractivity contribution in [3.05, 3.63) is 58.3 Å². The summed E-state index contributed by atoms with van der Waals surface area (Å²) in [7, 11) is 0. The fourth-order valence-electron chi connectivity index (χ4n) is 1.97. The lowest BCUT2D eigenvalue weighted by atomic mass is 10.0. The van der Waals surface area contributed by atoms with E-state index >= 15 is 0 Å². The van der Waals surface area contributed by atoms with E-state index < -0.39 is 0 Å². The van der Waals surface area contributed by atoms with Gasteiger partial charge in [0.05, 0.1) is 10.5 Å². The maximum absolute atomic E-state index is 13.3. The Morgan fingerprint density at radius 3 is 2.70 bits per heavy atom. The van der Waals surface area contributed by atoms with Crippen LogP contribution in [0.4, 0.5) is 4.39 Å². The molecule has 0 saturated heterocycles. The van der Waals surface area contributed by atoms with E-state index in [1.165, 1.54) is 6.07 Å². The van der Waals surface area contributed by atoms with Crippen LogP contribution in [-0.4, -0.2) is 16.5 Å². The van der Waals surface area contributed by atoms with Crippen molar-refractivity contribution in [1.29, 1.82) is 0 Å². The maximum atomic E-state index is 13.3. The molecule has 106 valence electrons. The van der Waals surface area contributed by atoms with Crippen molar-refractivity contribution >= 4 is 15.9 Å². The van der Waals surface area contributed by atoms with Crippen molar-refractivity contribution in [3.63, 3.8) is 0 Å². The predicted molar refractivity (Wildman–Crippen MR) is 80.9 cm³/mol. The van der Waals surface area contributed by atoms with Crippen molar-refractivity contribution in [3.8, 4) is 0 Å². The van der Waals surface area contributed by atoms with Gasteiger partial charge in [-0.05, 0) is 59.1 Å². The Kier molecular flexibility index (Phi) is 5.61. The summed E-state index contributed by atoms with van der Waals surface area (Å²) in [6.45, 7) is 3.01. The Bertz CT molecular complexity index is 548. The van der Waals surface area contributed by atoms with Gasteiger partial charge in [-0.2, -0.15) is 0 Å². The molecule has 5 heteroatoms. The summed E-state index contributed by atoms with van der Waals surface area (Å²) in [6, 6.07) is 6.91.